The van der Waals surface area contributed by atoms with E-state index in [1.54, 1.807) is 6.07 Å². The number of rotatable bonds is 2. The molecule has 0 saturated carbocycles. The number of H-pyrrole nitrogens is 1. The standard InChI is InChI=1S/C19H16Cl2N2O2.ClH/c1-25-19(24)16-9-13-11-4-2-3-5-15(11)22-18(13)17(23-16)12-7-6-10(20)8-14(12)21;/h2-8,16-17,22-23H,9H2,1H3;1H. The molecule has 4 nitrogen and oxygen atoms in total. The Kier molecular flexibility index (Phi) is 5.49. The van der Waals surface area contributed by atoms with Gasteiger partial charge in [0.2, 0.25) is 0 Å². The molecule has 3 N–H and O–H groups in total. The Balaban J connectivity index is 0.00000196. The number of nitrogens with two attached hydrogens (primary N) is 1. The Morgan fingerprint density at radius 1 is 1.23 bits per heavy atom. The first-order chi connectivity index (χ1) is 12.1. The predicted octanol–water partition coefficient (Wildman–Crippen LogP) is 0.229. The number of benzene rings is 2. The fraction of sp³-hybridized carbons (Fsp3) is 0.211. The minimum Gasteiger partial charge on any atom is -1.00 e. The van der Waals surface area contributed by atoms with Gasteiger partial charge in [-0.15, -0.1) is 0 Å². The molecule has 0 aliphatic carbocycles. The maximum Gasteiger partial charge on any atom is 0.364 e. The molecule has 2 atom stereocenters. The zero-order chi connectivity index (χ0) is 17.6. The van der Waals surface area contributed by atoms with Crippen molar-refractivity contribution in [3.8, 4) is 0 Å². The fourth-order valence-electron chi connectivity index (χ4n) is 3.65. The van der Waals surface area contributed by atoms with E-state index < -0.39 is 0 Å². The highest BCUT2D eigenvalue weighted by Gasteiger charge is 2.38. The third-order valence-electron chi connectivity index (χ3n) is 4.81. The van der Waals surface area contributed by atoms with Crippen LogP contribution in [0.2, 0.25) is 10.0 Å². The number of quaternary nitrogens is 1. The largest absolute Gasteiger partial charge is 1.00 e. The third kappa shape index (κ3) is 3.19. The van der Waals surface area contributed by atoms with E-state index in [1.807, 2.05) is 35.6 Å². The summed E-state index contributed by atoms with van der Waals surface area (Å²) in [6.07, 6.45) is 0.619. The number of para-hydroxylation sites is 1. The highest BCUT2D eigenvalue weighted by molar-refractivity contribution is 6.35. The Labute approximate surface area is 167 Å². The Bertz CT molecular complexity index is 971. The molecule has 2 aromatic carbocycles. The van der Waals surface area contributed by atoms with E-state index >= 15 is 0 Å². The minimum absolute atomic E-state index is 0. The first-order valence-electron chi connectivity index (χ1n) is 8.05. The second kappa shape index (κ2) is 7.49. The van der Waals surface area contributed by atoms with Gasteiger partial charge < -0.3 is 27.4 Å². The van der Waals surface area contributed by atoms with E-state index in [1.165, 1.54) is 7.11 Å². The van der Waals surface area contributed by atoms with E-state index in [9.17, 15) is 4.79 Å². The number of aromatic nitrogens is 1. The summed E-state index contributed by atoms with van der Waals surface area (Å²) in [4.78, 5) is 15.7. The first-order valence-corrected chi connectivity index (χ1v) is 8.81. The molecule has 136 valence electrons. The summed E-state index contributed by atoms with van der Waals surface area (Å²) < 4.78 is 4.99. The molecule has 0 bridgehead atoms. The van der Waals surface area contributed by atoms with Gasteiger partial charge in [0.15, 0.2) is 12.1 Å². The normalized spacial score (nSPS) is 18.9. The molecular weight excluding hydrogens is 395 g/mol. The van der Waals surface area contributed by atoms with Crippen LogP contribution in [0.15, 0.2) is 42.5 Å². The van der Waals surface area contributed by atoms with E-state index in [4.69, 9.17) is 27.9 Å². The summed E-state index contributed by atoms with van der Waals surface area (Å²) in [5.74, 6) is -0.231. The van der Waals surface area contributed by atoms with Crippen LogP contribution in [0.4, 0.5) is 0 Å². The zero-order valence-electron chi connectivity index (χ0n) is 13.9. The van der Waals surface area contributed by atoms with Gasteiger partial charge in [-0.05, 0) is 29.8 Å². The number of hydrogen-bond acceptors (Lipinski definition) is 2. The van der Waals surface area contributed by atoms with Gasteiger partial charge in [0.25, 0.3) is 0 Å². The number of nitrogens with one attached hydrogen (secondary N) is 1. The lowest BCUT2D eigenvalue weighted by Gasteiger charge is -2.27. The molecule has 3 aromatic rings. The molecule has 0 radical (unpaired) electrons. The van der Waals surface area contributed by atoms with Gasteiger partial charge in [-0.1, -0.05) is 41.4 Å². The molecule has 1 aromatic heterocycles. The Hall–Kier alpha value is -1.72. The van der Waals surface area contributed by atoms with Crippen molar-refractivity contribution >= 4 is 40.1 Å². The van der Waals surface area contributed by atoms with Crippen LogP contribution in [0.25, 0.3) is 10.9 Å². The quantitative estimate of drug-likeness (QED) is 0.593. The number of methoxy groups -OCH3 is 1. The summed E-state index contributed by atoms with van der Waals surface area (Å²) in [5, 5.41) is 4.32. The molecule has 0 spiro atoms. The highest BCUT2D eigenvalue weighted by atomic mass is 35.5. The molecule has 4 rings (SSSR count). The van der Waals surface area contributed by atoms with E-state index in [-0.39, 0.29) is 30.5 Å². The molecule has 7 heteroatoms. The molecule has 0 amide bonds. The average Bonchev–Trinajstić information content (AvgIpc) is 2.99. The molecule has 1 aliphatic heterocycles. The predicted molar refractivity (Wildman–Crippen MR) is 98.0 cm³/mol. The second-order valence-electron chi connectivity index (χ2n) is 6.23. The van der Waals surface area contributed by atoms with Crippen molar-refractivity contribution in [1.29, 1.82) is 0 Å². The molecule has 2 heterocycles. The van der Waals surface area contributed by atoms with Gasteiger partial charge in [0.1, 0.15) is 0 Å². The van der Waals surface area contributed by atoms with Crippen LogP contribution in [0.1, 0.15) is 22.9 Å². The average molecular weight is 412 g/mol. The molecule has 0 fully saturated rings. The molecule has 2 unspecified atom stereocenters. The number of carbonyl (C=O) groups is 1. The summed E-state index contributed by atoms with van der Waals surface area (Å²) in [6, 6.07) is 13.2. The minimum atomic E-state index is -0.312. The van der Waals surface area contributed by atoms with Crippen LogP contribution >= 0.6 is 23.2 Å². The molecule has 26 heavy (non-hydrogen) atoms. The molecule has 1 aliphatic rings. The number of ether oxygens (including phenoxy) is 1. The summed E-state index contributed by atoms with van der Waals surface area (Å²) in [5.41, 5.74) is 4.20. The monoisotopic (exact) mass is 410 g/mol. The molecular formula is C19H17Cl3N2O2. The van der Waals surface area contributed by atoms with Crippen molar-refractivity contribution in [2.75, 3.05) is 7.11 Å². The van der Waals surface area contributed by atoms with Gasteiger partial charge >= 0.3 is 5.97 Å². The highest BCUT2D eigenvalue weighted by Crippen LogP contribution is 2.35. The number of esters is 1. The zero-order valence-corrected chi connectivity index (χ0v) is 16.2. The fourth-order valence-corrected chi connectivity index (χ4v) is 4.17. The maximum atomic E-state index is 12.2. The van der Waals surface area contributed by atoms with Gasteiger partial charge in [-0.2, -0.15) is 0 Å². The number of fused-ring (bicyclic) bond motifs is 3. The van der Waals surface area contributed by atoms with Crippen molar-refractivity contribution in [3.63, 3.8) is 0 Å². The van der Waals surface area contributed by atoms with E-state index in [2.05, 4.69) is 11.1 Å². The van der Waals surface area contributed by atoms with Crippen LogP contribution in [0, 0.1) is 0 Å². The SMILES string of the molecule is COC(=O)C1Cc2c([nH]c3ccccc23)C(c2ccc(Cl)cc2Cl)[NH2+]1.[Cl-]. The van der Waals surface area contributed by atoms with Crippen molar-refractivity contribution in [1.82, 2.24) is 4.98 Å². The number of halogens is 3. The number of aromatic amines is 1. The van der Waals surface area contributed by atoms with Crippen LogP contribution in [-0.2, 0) is 16.0 Å². The number of hydrogen-bond donors (Lipinski definition) is 2. The van der Waals surface area contributed by atoms with Crippen LogP contribution in [-0.4, -0.2) is 24.1 Å². The van der Waals surface area contributed by atoms with Crippen molar-refractivity contribution in [2.24, 2.45) is 0 Å². The van der Waals surface area contributed by atoms with Gasteiger partial charge in [0.05, 0.1) is 17.8 Å². The van der Waals surface area contributed by atoms with Crippen molar-refractivity contribution in [3.05, 3.63) is 69.3 Å². The summed E-state index contributed by atoms with van der Waals surface area (Å²) in [7, 11) is 1.42. The van der Waals surface area contributed by atoms with Crippen molar-refractivity contribution in [2.45, 2.75) is 18.5 Å². The van der Waals surface area contributed by atoms with Gasteiger partial charge in [-0.3, -0.25) is 0 Å². The Morgan fingerprint density at radius 3 is 2.73 bits per heavy atom. The van der Waals surface area contributed by atoms with Gasteiger partial charge in [-0.25, -0.2) is 4.79 Å². The lowest BCUT2D eigenvalue weighted by Crippen LogP contribution is -3.00. The van der Waals surface area contributed by atoms with Crippen molar-refractivity contribution < 1.29 is 27.3 Å². The summed E-state index contributed by atoms with van der Waals surface area (Å²) >= 11 is 12.5. The van der Waals surface area contributed by atoms with Gasteiger partial charge in [0, 0.05) is 27.9 Å². The Morgan fingerprint density at radius 2 is 2.00 bits per heavy atom. The van der Waals surface area contributed by atoms with Crippen LogP contribution < -0.4 is 17.7 Å². The molecule has 0 saturated heterocycles. The lowest BCUT2D eigenvalue weighted by atomic mass is 9.90. The third-order valence-corrected chi connectivity index (χ3v) is 5.37. The smallest absolute Gasteiger partial charge is 0.364 e. The topological polar surface area (TPSA) is 58.7 Å². The second-order valence-corrected chi connectivity index (χ2v) is 7.08. The maximum absolute atomic E-state index is 12.2. The van der Waals surface area contributed by atoms with E-state index in [0.29, 0.717) is 16.5 Å². The van der Waals surface area contributed by atoms with E-state index in [0.717, 1.165) is 27.7 Å². The first kappa shape index (κ1) is 19.1. The van der Waals surface area contributed by atoms with Crippen LogP contribution in [0.5, 0.6) is 0 Å². The summed E-state index contributed by atoms with van der Waals surface area (Å²) in [6.45, 7) is 0. The lowest BCUT2D eigenvalue weighted by molar-refractivity contribution is -0.712. The number of carbonyl (C=O) groups excluding carboxylic acids is 1. The van der Waals surface area contributed by atoms with Crippen LogP contribution in [0.3, 0.4) is 0 Å².